The Labute approximate surface area is 479 Å². The summed E-state index contributed by atoms with van der Waals surface area (Å²) in [6, 6.07) is 9.95. The lowest BCUT2D eigenvalue weighted by molar-refractivity contribution is -0.144. The van der Waals surface area contributed by atoms with E-state index in [1.165, 1.54) is 10.3 Å². The quantitative estimate of drug-likeness (QED) is 0.0624. The number of carbonyl (C=O) groups excluding carboxylic acids is 5. The average molecular weight is 1130 g/mol. The molecule has 0 spiro atoms. The number of nitrogens with one attached hydrogen (secondary N) is 4. The van der Waals surface area contributed by atoms with E-state index in [1.807, 2.05) is 70.5 Å². The summed E-state index contributed by atoms with van der Waals surface area (Å²) < 4.78 is 37.4. The lowest BCUT2D eigenvalue weighted by atomic mass is 9.84. The minimum atomic E-state index is -2.76. The number of carbonyl (C=O) groups is 5. The van der Waals surface area contributed by atoms with Crippen LogP contribution in [0.15, 0.2) is 70.4 Å². The summed E-state index contributed by atoms with van der Waals surface area (Å²) in [6.45, 7) is 14.1. The van der Waals surface area contributed by atoms with Gasteiger partial charge in [-0.25, -0.2) is 18.6 Å². The first-order chi connectivity index (χ1) is 39.0. The molecule has 0 radical (unpaired) electrons. The van der Waals surface area contributed by atoms with Crippen molar-refractivity contribution in [3.8, 4) is 21.6 Å². The van der Waals surface area contributed by atoms with Crippen LogP contribution in [0.1, 0.15) is 134 Å². The van der Waals surface area contributed by atoms with Crippen molar-refractivity contribution in [3.05, 3.63) is 87.8 Å². The number of urea groups is 1. The van der Waals surface area contributed by atoms with Gasteiger partial charge in [-0.2, -0.15) is 5.10 Å². The van der Waals surface area contributed by atoms with Crippen LogP contribution in [-0.4, -0.2) is 131 Å². The number of anilines is 1. The second kappa shape index (κ2) is 26.6. The summed E-state index contributed by atoms with van der Waals surface area (Å²) in [6.07, 6.45) is 10.4. The standard InChI is InChI=1S/C61H81F2N11O6S/c1-38-28-50(58(77)66-31-40-16-18-42(19-17-40)54-39(2)67-37-81-54)74(33-38)59(78)55(61(3,4)5)69-51(75)15-11-9-7-8-10-12-23-65-52(76)36-72-34-44(32-68-72)46-29-43-14-13-24-73(49(43)30-47(46)56(62)63)57-48-35-71(60(79)64-6)25-20-45(48)53(70-57)41-21-26-80-27-22-41/h16-19,29-30,32,34,37-38,41,50,53,55-56H,7-15,20-28,31,33,35-36H2,1-6H3,(H,64,79)(H,65,76)(H,66,77)(H,69,75)/t38-,50-,53?,55+/m0/s1. The largest absolute Gasteiger partial charge is 0.381 e. The third-order valence-corrected chi connectivity index (χ3v) is 17.7. The van der Waals surface area contributed by atoms with Gasteiger partial charge in [0.2, 0.25) is 23.6 Å². The molecular formula is C61H81F2N11O6S. The van der Waals surface area contributed by atoms with Gasteiger partial charge < -0.3 is 40.7 Å². The first-order valence-electron chi connectivity index (χ1n) is 29.2. The molecule has 20 heteroatoms. The molecule has 2 aromatic heterocycles. The SMILES string of the molecule is CNC(=O)N1CCC2=C(C1)C(N1CCCc3cc(-c4cnn(CC(=O)NCCCCCCCCC(=O)N[C@H](C(=O)N5C[C@@H](C)C[C@H]5C(=O)NCc5ccc(-c6scnc6C)cc5)C(C)(C)C)c4)c(C(F)F)cc31)=NC2C1CCOCC1. The van der Waals surface area contributed by atoms with Gasteiger partial charge >= 0.3 is 6.03 Å². The van der Waals surface area contributed by atoms with Crippen molar-refractivity contribution in [2.45, 2.75) is 156 Å². The molecule has 4 N–H and O–H groups in total. The fourth-order valence-electron chi connectivity index (χ4n) is 12.3. The summed E-state index contributed by atoms with van der Waals surface area (Å²) >= 11 is 1.59. The van der Waals surface area contributed by atoms with E-state index in [1.54, 1.807) is 46.6 Å². The number of halogens is 2. The molecule has 1 unspecified atom stereocenters. The maximum Gasteiger partial charge on any atom is 0.317 e. The first-order valence-corrected chi connectivity index (χ1v) is 30.1. The summed E-state index contributed by atoms with van der Waals surface area (Å²) in [4.78, 5) is 83.4. The summed E-state index contributed by atoms with van der Waals surface area (Å²) in [5.41, 5.74) is 9.00. The zero-order valence-electron chi connectivity index (χ0n) is 48.0. The van der Waals surface area contributed by atoms with Crippen LogP contribution in [0.5, 0.6) is 0 Å². The summed E-state index contributed by atoms with van der Waals surface area (Å²) in [5, 5.41) is 16.2. The Hall–Kier alpha value is -6.54. The number of benzene rings is 2. The van der Waals surface area contributed by atoms with Crippen LogP contribution in [-0.2, 0) is 43.4 Å². The average Bonchev–Trinajstić information content (AvgIpc) is 4.00. The number of nitrogens with zero attached hydrogens (tertiary/aromatic N) is 7. The highest BCUT2D eigenvalue weighted by molar-refractivity contribution is 7.13. The van der Waals surface area contributed by atoms with Crippen LogP contribution in [0.2, 0.25) is 0 Å². The smallest absolute Gasteiger partial charge is 0.317 e. The molecule has 0 saturated carbocycles. The first kappa shape index (κ1) is 59.1. The normalized spacial score (nSPS) is 19.8. The van der Waals surface area contributed by atoms with Gasteiger partial charge in [0.1, 0.15) is 24.5 Å². The second-order valence-electron chi connectivity index (χ2n) is 23.7. The van der Waals surface area contributed by atoms with Crippen molar-refractivity contribution >= 4 is 52.5 Å². The van der Waals surface area contributed by atoms with Crippen molar-refractivity contribution in [3.63, 3.8) is 0 Å². The molecule has 2 fully saturated rings. The molecule has 0 aliphatic carbocycles. The van der Waals surface area contributed by atoms with Crippen LogP contribution in [0.4, 0.5) is 19.3 Å². The fraction of sp³-hybridized carbons (Fsp3) is 0.574. The number of ether oxygens (including phenoxy) is 1. The van der Waals surface area contributed by atoms with Gasteiger partial charge in [-0.3, -0.25) is 28.9 Å². The number of likely N-dealkylation sites (tertiary alicyclic amines) is 1. The molecule has 0 bridgehead atoms. The molecule has 2 saturated heterocycles. The molecule has 4 atom stereocenters. The maximum atomic E-state index is 15.1. The number of unbranched alkanes of at least 4 members (excludes halogenated alkanes) is 5. The monoisotopic (exact) mass is 1130 g/mol. The third kappa shape index (κ3) is 14.2. The Kier molecular flexibility index (Phi) is 19.4. The van der Waals surface area contributed by atoms with Gasteiger partial charge in [0, 0.05) is 88.0 Å². The summed E-state index contributed by atoms with van der Waals surface area (Å²) in [5.74, 6) is 0.397. The Morgan fingerprint density at radius 2 is 1.67 bits per heavy atom. The number of amides is 6. The fourth-order valence-corrected chi connectivity index (χ4v) is 13.1. The molecule has 9 rings (SSSR count). The highest BCUT2D eigenvalue weighted by atomic mass is 32.1. The minimum absolute atomic E-state index is 0.0165. The molecule has 17 nitrogen and oxygen atoms in total. The van der Waals surface area contributed by atoms with Crippen LogP contribution in [0.3, 0.4) is 0 Å². The number of fused-ring (bicyclic) bond motifs is 1. The molecule has 5 aliphatic heterocycles. The van der Waals surface area contributed by atoms with Gasteiger partial charge in [-0.1, -0.05) is 77.6 Å². The topological polar surface area (TPSA) is 195 Å². The van der Waals surface area contributed by atoms with Crippen molar-refractivity contribution in [2.75, 3.05) is 57.9 Å². The van der Waals surface area contributed by atoms with Crippen molar-refractivity contribution in [1.29, 1.82) is 0 Å². The minimum Gasteiger partial charge on any atom is -0.381 e. The van der Waals surface area contributed by atoms with Gasteiger partial charge in [0.25, 0.3) is 6.43 Å². The Balaban J connectivity index is 0.702. The van der Waals surface area contributed by atoms with Gasteiger partial charge in [-0.15, -0.1) is 11.3 Å². The van der Waals surface area contributed by atoms with Crippen molar-refractivity contribution in [2.24, 2.45) is 22.2 Å². The van der Waals surface area contributed by atoms with E-state index < -0.39 is 23.9 Å². The van der Waals surface area contributed by atoms with Crippen LogP contribution in [0.25, 0.3) is 21.6 Å². The molecule has 4 aromatic rings. The number of hydrogen-bond acceptors (Lipinski definition) is 11. The van der Waals surface area contributed by atoms with E-state index in [0.717, 1.165) is 96.5 Å². The molecule has 6 amide bonds. The number of rotatable bonds is 20. The van der Waals surface area contributed by atoms with Crippen LogP contribution in [0, 0.1) is 24.2 Å². The number of thiazole rings is 1. The molecule has 5 aliphatic rings. The number of hydrogen-bond donors (Lipinski definition) is 4. The van der Waals surface area contributed by atoms with Crippen LogP contribution >= 0.6 is 11.3 Å². The van der Waals surface area contributed by atoms with E-state index >= 15 is 8.78 Å². The predicted molar refractivity (Wildman–Crippen MR) is 311 cm³/mol. The highest BCUT2D eigenvalue weighted by Gasteiger charge is 2.44. The molecular weight excluding hydrogens is 1050 g/mol. The van der Waals surface area contributed by atoms with Gasteiger partial charge in [0.15, 0.2) is 0 Å². The van der Waals surface area contributed by atoms with Crippen LogP contribution < -0.4 is 26.2 Å². The van der Waals surface area contributed by atoms with E-state index in [0.29, 0.717) is 94.5 Å². The number of aryl methyl sites for hydroxylation is 2. The molecule has 7 heterocycles. The maximum absolute atomic E-state index is 15.1. The lowest BCUT2D eigenvalue weighted by Gasteiger charge is -2.35. The zero-order chi connectivity index (χ0) is 57.4. The molecule has 2 aromatic carbocycles. The van der Waals surface area contributed by atoms with Gasteiger partial charge in [0.05, 0.1) is 34.9 Å². The van der Waals surface area contributed by atoms with E-state index in [2.05, 4.69) is 36.2 Å². The Bertz CT molecular complexity index is 2960. The number of amidine groups is 1. The van der Waals surface area contributed by atoms with Gasteiger partial charge in [-0.05, 0) is 116 Å². The second-order valence-corrected chi connectivity index (χ2v) is 24.6. The zero-order valence-corrected chi connectivity index (χ0v) is 48.8. The Morgan fingerprint density at radius 3 is 2.38 bits per heavy atom. The Morgan fingerprint density at radius 1 is 0.914 bits per heavy atom. The number of alkyl halides is 2. The predicted octanol–water partition coefficient (Wildman–Crippen LogP) is 9.15. The molecule has 81 heavy (non-hydrogen) atoms. The van der Waals surface area contributed by atoms with E-state index in [4.69, 9.17) is 9.73 Å². The number of aromatic nitrogens is 3. The highest BCUT2D eigenvalue weighted by Crippen LogP contribution is 2.43. The van der Waals surface area contributed by atoms with E-state index in [9.17, 15) is 24.0 Å². The summed E-state index contributed by atoms with van der Waals surface area (Å²) in [7, 11) is 1.63. The van der Waals surface area contributed by atoms with E-state index in [-0.39, 0.29) is 60.1 Å². The molecule has 436 valence electrons. The van der Waals surface area contributed by atoms with Crippen molar-refractivity contribution < 1.29 is 37.5 Å². The third-order valence-electron chi connectivity index (χ3n) is 16.7. The number of aliphatic imine (C=N–C) groups is 1. The lowest BCUT2D eigenvalue weighted by Crippen LogP contribution is -2.57. The van der Waals surface area contributed by atoms with Crippen molar-refractivity contribution in [1.82, 2.24) is 45.8 Å².